The third-order valence-electron chi connectivity index (χ3n) is 5.18. The summed E-state index contributed by atoms with van der Waals surface area (Å²) in [6, 6.07) is 9.92. The molecule has 1 aliphatic heterocycles. The van der Waals surface area contributed by atoms with Gasteiger partial charge in [0.2, 0.25) is 11.8 Å². The van der Waals surface area contributed by atoms with Crippen molar-refractivity contribution >= 4 is 23.2 Å². The first-order valence-corrected chi connectivity index (χ1v) is 9.14. The molecule has 2 aromatic carbocycles. The highest BCUT2D eigenvalue weighted by molar-refractivity contribution is 6.04. The van der Waals surface area contributed by atoms with Crippen LogP contribution in [0.25, 0.3) is 5.69 Å². The predicted octanol–water partition coefficient (Wildman–Crippen LogP) is 2.41. The molecule has 3 aromatic rings. The van der Waals surface area contributed by atoms with E-state index in [1.807, 2.05) is 32.0 Å². The van der Waals surface area contributed by atoms with E-state index in [9.17, 15) is 14.0 Å². The monoisotopic (exact) mass is 394 g/mol. The van der Waals surface area contributed by atoms with Gasteiger partial charge in [0.1, 0.15) is 12.1 Å². The summed E-state index contributed by atoms with van der Waals surface area (Å²) in [5.41, 5.74) is 3.40. The molecular formula is C20H19FN6O2. The van der Waals surface area contributed by atoms with Crippen molar-refractivity contribution in [3.8, 4) is 5.69 Å². The highest BCUT2D eigenvalue weighted by atomic mass is 19.1. The molecule has 1 unspecified atom stereocenters. The second-order valence-electron chi connectivity index (χ2n) is 7.03. The Morgan fingerprint density at radius 2 is 2.07 bits per heavy atom. The van der Waals surface area contributed by atoms with Crippen LogP contribution in [0.2, 0.25) is 0 Å². The van der Waals surface area contributed by atoms with Crippen LogP contribution in [0.4, 0.5) is 15.8 Å². The summed E-state index contributed by atoms with van der Waals surface area (Å²) in [6.45, 7) is 4.18. The number of anilines is 2. The molecule has 2 heterocycles. The first kappa shape index (κ1) is 18.7. The lowest BCUT2D eigenvalue weighted by Gasteiger charge is -2.20. The van der Waals surface area contributed by atoms with Crippen LogP contribution in [0.3, 0.4) is 0 Å². The number of hydrogen-bond donors (Lipinski definition) is 1. The highest BCUT2D eigenvalue weighted by Gasteiger charge is 2.36. The van der Waals surface area contributed by atoms with Gasteiger partial charge in [-0.05, 0) is 59.7 Å². The van der Waals surface area contributed by atoms with Crippen molar-refractivity contribution in [1.82, 2.24) is 20.2 Å². The van der Waals surface area contributed by atoms with Gasteiger partial charge in [-0.25, -0.2) is 9.07 Å². The molecule has 2 amide bonds. The largest absolute Gasteiger partial charge is 0.323 e. The molecule has 9 heteroatoms. The van der Waals surface area contributed by atoms with Crippen molar-refractivity contribution < 1.29 is 14.0 Å². The Hall–Kier alpha value is -3.62. The fourth-order valence-electron chi connectivity index (χ4n) is 3.41. The molecule has 1 saturated heterocycles. The Labute approximate surface area is 166 Å². The first-order valence-electron chi connectivity index (χ1n) is 9.14. The number of halogens is 1. The molecule has 1 N–H and O–H groups in total. The molecule has 1 aliphatic rings. The van der Waals surface area contributed by atoms with E-state index < -0.39 is 17.6 Å². The molecule has 0 spiro atoms. The number of carbonyl (C=O) groups is 2. The lowest BCUT2D eigenvalue weighted by atomic mass is 10.1. The number of nitrogens with one attached hydrogen (secondary N) is 1. The standard InChI is InChI=1S/C20H19FN6O2/c1-12-4-3-5-18(13(12)2)26-10-14(8-19(26)28)20(29)23-17-9-15(6-7-16(17)21)27-11-22-24-25-27/h3-7,9,11,14H,8,10H2,1-2H3,(H,23,29). The molecule has 1 atom stereocenters. The topological polar surface area (TPSA) is 93.0 Å². The predicted molar refractivity (Wildman–Crippen MR) is 104 cm³/mol. The molecule has 1 fully saturated rings. The number of tetrazole rings is 1. The minimum absolute atomic E-state index is 0.0145. The molecule has 8 nitrogen and oxygen atoms in total. The Morgan fingerprint density at radius 3 is 2.83 bits per heavy atom. The second-order valence-corrected chi connectivity index (χ2v) is 7.03. The minimum atomic E-state index is -0.578. The van der Waals surface area contributed by atoms with E-state index in [0.29, 0.717) is 5.69 Å². The van der Waals surface area contributed by atoms with Gasteiger partial charge in [-0.1, -0.05) is 12.1 Å². The SMILES string of the molecule is Cc1cccc(N2CC(C(=O)Nc3cc(-n4cnnn4)ccc3F)CC2=O)c1C. The molecule has 0 bridgehead atoms. The average Bonchev–Trinajstić information content (AvgIpc) is 3.36. The van der Waals surface area contributed by atoms with Gasteiger partial charge in [-0.2, -0.15) is 0 Å². The number of benzene rings is 2. The number of carbonyl (C=O) groups excluding carboxylic acids is 2. The van der Waals surface area contributed by atoms with Crippen molar-refractivity contribution in [2.24, 2.45) is 5.92 Å². The van der Waals surface area contributed by atoms with E-state index in [4.69, 9.17) is 0 Å². The van der Waals surface area contributed by atoms with E-state index in [1.54, 1.807) is 4.90 Å². The number of amides is 2. The fraction of sp³-hybridized carbons (Fsp3) is 0.250. The van der Waals surface area contributed by atoms with Gasteiger partial charge in [0.15, 0.2) is 0 Å². The van der Waals surface area contributed by atoms with Crippen molar-refractivity contribution in [2.75, 3.05) is 16.8 Å². The quantitative estimate of drug-likeness (QED) is 0.734. The van der Waals surface area contributed by atoms with Crippen molar-refractivity contribution in [2.45, 2.75) is 20.3 Å². The number of aryl methyl sites for hydroxylation is 1. The maximum absolute atomic E-state index is 14.2. The molecule has 1 aromatic heterocycles. The van der Waals surface area contributed by atoms with Crippen LogP contribution in [0, 0.1) is 25.6 Å². The van der Waals surface area contributed by atoms with Crippen LogP contribution >= 0.6 is 0 Å². The lowest BCUT2D eigenvalue weighted by molar-refractivity contribution is -0.122. The average molecular weight is 394 g/mol. The van der Waals surface area contributed by atoms with Crippen LogP contribution in [0.5, 0.6) is 0 Å². The number of rotatable bonds is 4. The maximum Gasteiger partial charge on any atom is 0.229 e. The summed E-state index contributed by atoms with van der Waals surface area (Å²) in [4.78, 5) is 26.9. The van der Waals surface area contributed by atoms with Gasteiger partial charge in [0, 0.05) is 18.7 Å². The molecule has 4 rings (SSSR count). The van der Waals surface area contributed by atoms with Gasteiger partial charge in [0.25, 0.3) is 0 Å². The normalized spacial score (nSPS) is 16.3. The third kappa shape index (κ3) is 3.58. The van der Waals surface area contributed by atoms with Crippen molar-refractivity contribution in [3.05, 3.63) is 59.7 Å². The lowest BCUT2D eigenvalue weighted by Crippen LogP contribution is -2.29. The summed E-state index contributed by atoms with van der Waals surface area (Å²) >= 11 is 0. The minimum Gasteiger partial charge on any atom is -0.323 e. The third-order valence-corrected chi connectivity index (χ3v) is 5.18. The van der Waals surface area contributed by atoms with Crippen LogP contribution in [0.15, 0.2) is 42.7 Å². The Balaban J connectivity index is 1.52. The fourth-order valence-corrected chi connectivity index (χ4v) is 3.41. The first-order chi connectivity index (χ1) is 13.9. The van der Waals surface area contributed by atoms with Crippen LogP contribution in [-0.2, 0) is 9.59 Å². The summed E-state index contributed by atoms with van der Waals surface area (Å²) < 4.78 is 15.6. The highest BCUT2D eigenvalue weighted by Crippen LogP contribution is 2.30. The van der Waals surface area contributed by atoms with Crippen LogP contribution in [-0.4, -0.2) is 38.6 Å². The summed E-state index contributed by atoms with van der Waals surface area (Å²) in [6.07, 6.45) is 1.45. The second kappa shape index (κ2) is 7.42. The van der Waals surface area contributed by atoms with Crippen molar-refractivity contribution in [1.29, 1.82) is 0 Å². The molecular weight excluding hydrogens is 375 g/mol. The maximum atomic E-state index is 14.2. The van der Waals surface area contributed by atoms with Crippen LogP contribution < -0.4 is 10.2 Å². The van der Waals surface area contributed by atoms with E-state index in [1.165, 1.54) is 29.2 Å². The molecule has 148 valence electrons. The van der Waals surface area contributed by atoms with Gasteiger partial charge in [0.05, 0.1) is 17.3 Å². The molecule has 0 saturated carbocycles. The van der Waals surface area contributed by atoms with Gasteiger partial charge >= 0.3 is 0 Å². The summed E-state index contributed by atoms with van der Waals surface area (Å²) in [5.74, 6) is -1.68. The number of nitrogens with zero attached hydrogens (tertiary/aromatic N) is 5. The van der Waals surface area contributed by atoms with Crippen LogP contribution in [0.1, 0.15) is 17.5 Å². The Bertz CT molecular complexity index is 1080. The van der Waals surface area contributed by atoms with Crippen molar-refractivity contribution in [3.63, 3.8) is 0 Å². The number of hydrogen-bond acceptors (Lipinski definition) is 5. The zero-order valence-electron chi connectivity index (χ0n) is 16.0. The van der Waals surface area contributed by atoms with E-state index in [0.717, 1.165) is 16.8 Å². The smallest absolute Gasteiger partial charge is 0.229 e. The zero-order valence-corrected chi connectivity index (χ0v) is 16.0. The molecule has 29 heavy (non-hydrogen) atoms. The van der Waals surface area contributed by atoms with E-state index in [-0.39, 0.29) is 24.6 Å². The van der Waals surface area contributed by atoms with E-state index >= 15 is 0 Å². The zero-order chi connectivity index (χ0) is 20.5. The van der Waals surface area contributed by atoms with E-state index in [2.05, 4.69) is 20.8 Å². The summed E-state index contributed by atoms with van der Waals surface area (Å²) in [7, 11) is 0. The van der Waals surface area contributed by atoms with Gasteiger partial charge in [-0.3, -0.25) is 9.59 Å². The van der Waals surface area contributed by atoms with Gasteiger partial charge in [-0.15, -0.1) is 5.10 Å². The Kier molecular flexibility index (Phi) is 4.79. The van der Waals surface area contributed by atoms with Gasteiger partial charge < -0.3 is 10.2 Å². The Morgan fingerprint density at radius 1 is 1.24 bits per heavy atom. The number of aromatic nitrogens is 4. The molecule has 0 radical (unpaired) electrons. The molecule has 0 aliphatic carbocycles. The summed E-state index contributed by atoms with van der Waals surface area (Å²) in [5, 5.41) is 13.4.